The van der Waals surface area contributed by atoms with E-state index in [4.69, 9.17) is 9.47 Å². The van der Waals surface area contributed by atoms with Crippen molar-refractivity contribution in [2.75, 3.05) is 14.2 Å². The zero-order valence-electron chi connectivity index (χ0n) is 16.5. The first kappa shape index (κ1) is 21.7. The van der Waals surface area contributed by atoms with Gasteiger partial charge in [-0.3, -0.25) is 0 Å². The molecule has 0 spiro atoms. The number of hydrogen-bond acceptors (Lipinski definition) is 4. The van der Waals surface area contributed by atoms with Crippen LogP contribution in [0.25, 0.3) is 0 Å². The summed E-state index contributed by atoms with van der Waals surface area (Å²) in [5.74, 6) is -0.306. The van der Waals surface area contributed by atoms with E-state index in [1.807, 2.05) is 0 Å². The molecule has 0 aromatic heterocycles. The van der Waals surface area contributed by atoms with Crippen molar-refractivity contribution in [1.29, 1.82) is 0 Å². The number of sulfonamides is 1. The molecule has 3 aromatic rings. The maximum Gasteiger partial charge on any atom is 0.247 e. The zero-order valence-corrected chi connectivity index (χ0v) is 17.3. The van der Waals surface area contributed by atoms with Crippen molar-refractivity contribution in [1.82, 2.24) is 4.31 Å². The molecule has 0 heterocycles. The molecule has 0 aliphatic rings. The molecule has 30 heavy (non-hydrogen) atoms. The largest absolute Gasteiger partial charge is 0.497 e. The summed E-state index contributed by atoms with van der Waals surface area (Å²) in [6, 6.07) is 15.6. The van der Waals surface area contributed by atoms with Gasteiger partial charge >= 0.3 is 0 Å². The van der Waals surface area contributed by atoms with Gasteiger partial charge in [0.2, 0.25) is 10.0 Å². The molecule has 0 amide bonds. The Morgan fingerprint density at radius 3 is 1.70 bits per heavy atom. The van der Waals surface area contributed by atoms with E-state index in [0.717, 1.165) is 0 Å². The lowest BCUT2D eigenvalue weighted by Gasteiger charge is -2.24. The van der Waals surface area contributed by atoms with Crippen LogP contribution in [0.5, 0.6) is 11.5 Å². The molecule has 0 saturated heterocycles. The maximum atomic E-state index is 13.6. The van der Waals surface area contributed by atoms with Crippen LogP contribution < -0.4 is 9.47 Å². The topological polar surface area (TPSA) is 55.8 Å². The van der Waals surface area contributed by atoms with Crippen LogP contribution in [0.15, 0.2) is 71.6 Å². The first-order valence-electron chi connectivity index (χ1n) is 9.04. The number of methoxy groups -OCH3 is 2. The van der Waals surface area contributed by atoms with Crippen molar-refractivity contribution in [2.24, 2.45) is 0 Å². The van der Waals surface area contributed by atoms with E-state index >= 15 is 0 Å². The van der Waals surface area contributed by atoms with E-state index < -0.39 is 21.7 Å². The molecule has 0 saturated carbocycles. The Morgan fingerprint density at radius 2 is 1.27 bits per heavy atom. The Hall–Kier alpha value is -2.97. The van der Waals surface area contributed by atoms with Gasteiger partial charge in [-0.15, -0.1) is 0 Å². The minimum Gasteiger partial charge on any atom is -0.497 e. The fraction of sp³-hybridized carbons (Fsp3) is 0.182. The fourth-order valence-corrected chi connectivity index (χ4v) is 4.52. The van der Waals surface area contributed by atoms with Crippen LogP contribution in [0.1, 0.15) is 11.1 Å². The Balaban J connectivity index is 2.05. The van der Waals surface area contributed by atoms with Crippen LogP contribution in [-0.2, 0) is 23.1 Å². The fourth-order valence-electron chi connectivity index (χ4n) is 2.94. The molecule has 0 unspecified atom stereocenters. The van der Waals surface area contributed by atoms with Gasteiger partial charge in [-0.1, -0.05) is 24.3 Å². The standard InChI is InChI=1S/C22H21F2NO4S/c1-28-20-11-12-21(29-2)22(13-20)30(26,27)25(14-16-3-7-18(23)8-4-16)15-17-5-9-19(24)10-6-17/h3-13H,14-15H2,1-2H3. The molecule has 8 heteroatoms. The average molecular weight is 433 g/mol. The minimum absolute atomic E-state index is 0.0135. The van der Waals surface area contributed by atoms with Crippen LogP contribution >= 0.6 is 0 Å². The van der Waals surface area contributed by atoms with E-state index in [1.165, 1.54) is 79.2 Å². The third-order valence-corrected chi connectivity index (χ3v) is 6.35. The summed E-state index contributed by atoms with van der Waals surface area (Å²) in [4.78, 5) is -0.0615. The molecule has 3 aromatic carbocycles. The molecule has 5 nitrogen and oxygen atoms in total. The molecule has 0 aliphatic heterocycles. The summed E-state index contributed by atoms with van der Waals surface area (Å²) in [7, 11) is -1.23. The number of halogens is 2. The third-order valence-electron chi connectivity index (χ3n) is 4.53. The van der Waals surface area contributed by atoms with Crippen molar-refractivity contribution >= 4 is 10.0 Å². The van der Waals surface area contributed by atoms with Gasteiger partial charge in [0.15, 0.2) is 0 Å². The second-order valence-corrected chi connectivity index (χ2v) is 8.45. The van der Waals surface area contributed by atoms with Gasteiger partial charge in [-0.25, -0.2) is 17.2 Å². The monoisotopic (exact) mass is 433 g/mol. The summed E-state index contributed by atoms with van der Waals surface area (Å²) in [5.41, 5.74) is 1.20. The Kier molecular flexibility index (Phi) is 6.69. The number of rotatable bonds is 8. The van der Waals surface area contributed by atoms with E-state index in [0.29, 0.717) is 16.9 Å². The summed E-state index contributed by atoms with van der Waals surface area (Å²) >= 11 is 0. The highest BCUT2D eigenvalue weighted by molar-refractivity contribution is 7.89. The molecule has 3 rings (SSSR count). The normalized spacial score (nSPS) is 11.5. The van der Waals surface area contributed by atoms with E-state index in [1.54, 1.807) is 6.07 Å². The smallest absolute Gasteiger partial charge is 0.247 e. The van der Waals surface area contributed by atoms with E-state index in [2.05, 4.69) is 0 Å². The summed E-state index contributed by atoms with van der Waals surface area (Å²) in [6.45, 7) is -0.0271. The number of hydrogen-bond donors (Lipinski definition) is 0. The molecule has 0 N–H and O–H groups in total. The Morgan fingerprint density at radius 1 is 0.767 bits per heavy atom. The van der Waals surface area contributed by atoms with Gasteiger partial charge in [0.05, 0.1) is 14.2 Å². The SMILES string of the molecule is COc1ccc(OC)c(S(=O)(=O)N(Cc2ccc(F)cc2)Cc2ccc(F)cc2)c1. The van der Waals surface area contributed by atoms with Crippen LogP contribution in [0.3, 0.4) is 0 Å². The molecule has 0 bridgehead atoms. The van der Waals surface area contributed by atoms with Gasteiger partial charge < -0.3 is 9.47 Å². The lowest BCUT2D eigenvalue weighted by Crippen LogP contribution is -2.30. The predicted octanol–water partition coefficient (Wildman–Crippen LogP) is 4.37. The van der Waals surface area contributed by atoms with Crippen molar-refractivity contribution in [3.05, 3.63) is 89.5 Å². The number of nitrogens with zero attached hydrogens (tertiary/aromatic N) is 1. The Bertz CT molecular complexity index is 1050. The second-order valence-electron chi connectivity index (χ2n) is 6.54. The number of ether oxygens (including phenoxy) is 2. The quantitative estimate of drug-likeness (QED) is 0.529. The molecular weight excluding hydrogens is 412 g/mol. The van der Waals surface area contributed by atoms with Crippen molar-refractivity contribution in [3.8, 4) is 11.5 Å². The van der Waals surface area contributed by atoms with Crippen LogP contribution in [0.4, 0.5) is 8.78 Å². The first-order valence-corrected chi connectivity index (χ1v) is 10.5. The lowest BCUT2D eigenvalue weighted by molar-refractivity contribution is 0.377. The van der Waals surface area contributed by atoms with Gasteiger partial charge in [0, 0.05) is 19.2 Å². The molecule has 158 valence electrons. The van der Waals surface area contributed by atoms with Crippen LogP contribution in [0, 0.1) is 11.6 Å². The highest BCUT2D eigenvalue weighted by Crippen LogP contribution is 2.32. The van der Waals surface area contributed by atoms with Crippen molar-refractivity contribution in [2.45, 2.75) is 18.0 Å². The predicted molar refractivity (Wildman–Crippen MR) is 109 cm³/mol. The summed E-state index contributed by atoms with van der Waals surface area (Å²) in [5, 5.41) is 0. The number of benzene rings is 3. The van der Waals surface area contributed by atoms with Gasteiger partial charge in [-0.2, -0.15) is 4.31 Å². The summed E-state index contributed by atoms with van der Waals surface area (Å²) in [6.07, 6.45) is 0. The first-order chi connectivity index (χ1) is 14.3. The molecular formula is C22H21F2NO4S. The summed E-state index contributed by atoms with van der Waals surface area (Å²) < 4.78 is 65.4. The van der Waals surface area contributed by atoms with E-state index in [-0.39, 0.29) is 23.7 Å². The molecule has 0 radical (unpaired) electrons. The maximum absolute atomic E-state index is 13.6. The van der Waals surface area contributed by atoms with Gasteiger partial charge in [0.1, 0.15) is 28.0 Å². The van der Waals surface area contributed by atoms with Crippen LogP contribution in [-0.4, -0.2) is 26.9 Å². The molecule has 0 fully saturated rings. The highest BCUT2D eigenvalue weighted by atomic mass is 32.2. The molecule has 0 aliphatic carbocycles. The molecule has 0 atom stereocenters. The van der Waals surface area contributed by atoms with E-state index in [9.17, 15) is 17.2 Å². The minimum atomic E-state index is -4.05. The Labute approximate surface area is 174 Å². The van der Waals surface area contributed by atoms with Crippen LogP contribution in [0.2, 0.25) is 0 Å². The average Bonchev–Trinajstić information content (AvgIpc) is 2.75. The highest BCUT2D eigenvalue weighted by Gasteiger charge is 2.29. The third kappa shape index (κ3) is 4.95. The van der Waals surface area contributed by atoms with Crippen molar-refractivity contribution < 1.29 is 26.7 Å². The van der Waals surface area contributed by atoms with Gasteiger partial charge in [-0.05, 0) is 47.5 Å². The lowest BCUT2D eigenvalue weighted by atomic mass is 10.2. The van der Waals surface area contributed by atoms with Crippen molar-refractivity contribution in [3.63, 3.8) is 0 Å². The second kappa shape index (κ2) is 9.23. The van der Waals surface area contributed by atoms with Gasteiger partial charge in [0.25, 0.3) is 0 Å². The zero-order chi connectivity index (χ0) is 21.7.